The molecular formula is C31H33BrN2O7. The lowest BCUT2D eigenvalue weighted by atomic mass is 9.96. The standard InChI is InChI=1S/C31H33BrN2O7/c1-20(35)41-26-17-27(31(38)40-3)34(19-26)30(37)29(36)28(22-7-5-4-6-8-22)33(24-13-11-23(32)12-14-24)18-21-9-15-25(39-2)16-10-21/h4-16,26-29,36H,17-19H2,1-3H3/t26-,27-,28+,29-/m0/s1. The monoisotopic (exact) mass is 624 g/mol. The van der Waals surface area contributed by atoms with Crippen LogP contribution in [0.15, 0.2) is 83.3 Å². The Morgan fingerprint density at radius 3 is 2.24 bits per heavy atom. The molecule has 0 saturated carbocycles. The zero-order valence-corrected chi connectivity index (χ0v) is 24.7. The number of likely N-dealkylation sites (tertiary alicyclic amines) is 1. The van der Waals surface area contributed by atoms with E-state index in [0.717, 1.165) is 15.7 Å². The molecule has 1 amide bonds. The molecule has 0 aliphatic carbocycles. The van der Waals surface area contributed by atoms with Gasteiger partial charge < -0.3 is 29.1 Å². The van der Waals surface area contributed by atoms with Crippen LogP contribution in [0.4, 0.5) is 5.69 Å². The number of carbonyl (C=O) groups excluding carboxylic acids is 3. The Morgan fingerprint density at radius 2 is 1.66 bits per heavy atom. The number of benzene rings is 3. The Morgan fingerprint density at radius 1 is 1.00 bits per heavy atom. The number of hydrogen-bond acceptors (Lipinski definition) is 8. The lowest BCUT2D eigenvalue weighted by Crippen LogP contribution is -2.50. The van der Waals surface area contributed by atoms with E-state index in [1.165, 1.54) is 18.9 Å². The number of ether oxygens (including phenoxy) is 3. The van der Waals surface area contributed by atoms with Crippen molar-refractivity contribution >= 4 is 39.5 Å². The van der Waals surface area contributed by atoms with Gasteiger partial charge in [-0.3, -0.25) is 9.59 Å². The highest BCUT2D eigenvalue weighted by Crippen LogP contribution is 2.35. The zero-order chi connectivity index (χ0) is 29.5. The van der Waals surface area contributed by atoms with Gasteiger partial charge in [-0.2, -0.15) is 0 Å². The van der Waals surface area contributed by atoms with E-state index in [-0.39, 0.29) is 13.0 Å². The number of rotatable bonds is 10. The lowest BCUT2D eigenvalue weighted by Gasteiger charge is -2.38. The number of anilines is 1. The third-order valence-corrected chi connectivity index (χ3v) is 7.58. The second-order valence-corrected chi connectivity index (χ2v) is 10.7. The van der Waals surface area contributed by atoms with E-state index in [4.69, 9.17) is 14.2 Å². The van der Waals surface area contributed by atoms with Crippen molar-refractivity contribution < 1.29 is 33.7 Å². The van der Waals surface area contributed by atoms with Gasteiger partial charge in [-0.15, -0.1) is 0 Å². The van der Waals surface area contributed by atoms with Crippen molar-refractivity contribution in [2.45, 2.75) is 44.2 Å². The summed E-state index contributed by atoms with van der Waals surface area (Å²) in [5, 5.41) is 11.9. The van der Waals surface area contributed by atoms with Gasteiger partial charge in [-0.1, -0.05) is 58.4 Å². The van der Waals surface area contributed by atoms with E-state index in [0.29, 0.717) is 17.9 Å². The molecule has 0 unspecified atom stereocenters. The van der Waals surface area contributed by atoms with Gasteiger partial charge in [0.2, 0.25) is 0 Å². The summed E-state index contributed by atoms with van der Waals surface area (Å²) >= 11 is 3.48. The first kappa shape index (κ1) is 30.1. The first-order valence-corrected chi connectivity index (χ1v) is 13.9. The van der Waals surface area contributed by atoms with Gasteiger partial charge >= 0.3 is 11.9 Å². The average Bonchev–Trinajstić information content (AvgIpc) is 3.40. The average molecular weight is 626 g/mol. The van der Waals surface area contributed by atoms with Crippen LogP contribution in [-0.2, 0) is 30.4 Å². The molecule has 1 aliphatic heterocycles. The lowest BCUT2D eigenvalue weighted by molar-refractivity contribution is -0.154. The van der Waals surface area contributed by atoms with E-state index in [1.807, 2.05) is 83.8 Å². The Balaban J connectivity index is 1.75. The number of hydrogen-bond donors (Lipinski definition) is 1. The Labute approximate surface area is 247 Å². The second kappa shape index (κ2) is 13.6. The molecule has 0 spiro atoms. The SMILES string of the molecule is COC(=O)[C@@H]1C[C@H](OC(C)=O)CN1C(=O)[C@@H](O)[C@@H](c1ccccc1)N(Cc1ccc(OC)cc1)c1ccc(Br)cc1. The van der Waals surface area contributed by atoms with E-state index in [1.54, 1.807) is 7.11 Å². The minimum atomic E-state index is -1.58. The number of aliphatic hydroxyl groups is 1. The van der Waals surface area contributed by atoms with Gasteiger partial charge in [0.05, 0.1) is 26.8 Å². The molecular weight excluding hydrogens is 592 g/mol. The van der Waals surface area contributed by atoms with Crippen LogP contribution in [0.2, 0.25) is 0 Å². The summed E-state index contributed by atoms with van der Waals surface area (Å²) in [4.78, 5) is 41.5. The molecule has 1 saturated heterocycles. The fourth-order valence-electron chi connectivity index (χ4n) is 5.12. The van der Waals surface area contributed by atoms with Crippen molar-refractivity contribution in [1.29, 1.82) is 0 Å². The molecule has 3 aromatic rings. The molecule has 9 nitrogen and oxygen atoms in total. The number of nitrogens with zero attached hydrogens (tertiary/aromatic N) is 2. The third kappa shape index (κ3) is 7.25. The highest BCUT2D eigenvalue weighted by atomic mass is 79.9. The highest BCUT2D eigenvalue weighted by Gasteiger charge is 2.46. The molecule has 1 aliphatic rings. The van der Waals surface area contributed by atoms with Crippen LogP contribution < -0.4 is 9.64 Å². The molecule has 4 atom stereocenters. The van der Waals surface area contributed by atoms with Crippen molar-refractivity contribution in [3.05, 3.63) is 94.5 Å². The molecule has 1 fully saturated rings. The predicted molar refractivity (Wildman–Crippen MR) is 156 cm³/mol. The summed E-state index contributed by atoms with van der Waals surface area (Å²) in [5.74, 6) is -1.11. The number of aliphatic hydroxyl groups excluding tert-OH is 1. The fourth-order valence-corrected chi connectivity index (χ4v) is 5.38. The second-order valence-electron chi connectivity index (χ2n) is 9.75. The predicted octanol–water partition coefficient (Wildman–Crippen LogP) is 4.27. The largest absolute Gasteiger partial charge is 0.497 e. The molecule has 0 bridgehead atoms. The van der Waals surface area contributed by atoms with E-state index in [2.05, 4.69) is 15.9 Å². The molecule has 1 heterocycles. The highest BCUT2D eigenvalue weighted by molar-refractivity contribution is 9.10. The Kier molecular flexibility index (Phi) is 10.0. The number of carbonyl (C=O) groups is 3. The van der Waals surface area contributed by atoms with Crippen molar-refractivity contribution in [3.63, 3.8) is 0 Å². The molecule has 4 rings (SSSR count). The summed E-state index contributed by atoms with van der Waals surface area (Å²) in [6.07, 6.45) is -2.18. The summed E-state index contributed by atoms with van der Waals surface area (Å²) in [6, 6.07) is 22.6. The molecule has 10 heteroatoms. The third-order valence-electron chi connectivity index (χ3n) is 7.05. The van der Waals surface area contributed by atoms with Crippen LogP contribution >= 0.6 is 15.9 Å². The van der Waals surface area contributed by atoms with E-state index >= 15 is 0 Å². The van der Waals surface area contributed by atoms with Gasteiger partial charge in [0, 0.05) is 30.0 Å². The topological polar surface area (TPSA) is 106 Å². The number of halogens is 1. The van der Waals surface area contributed by atoms with Gasteiger partial charge in [0.25, 0.3) is 5.91 Å². The summed E-state index contributed by atoms with van der Waals surface area (Å²) < 4.78 is 16.4. The van der Waals surface area contributed by atoms with Crippen molar-refractivity contribution in [1.82, 2.24) is 4.90 Å². The molecule has 216 valence electrons. The first-order chi connectivity index (χ1) is 19.7. The minimum absolute atomic E-state index is 0.0342. The van der Waals surface area contributed by atoms with Gasteiger partial charge in [0.15, 0.2) is 6.10 Å². The molecule has 0 aromatic heterocycles. The van der Waals surface area contributed by atoms with Crippen molar-refractivity contribution in [3.8, 4) is 5.75 Å². The summed E-state index contributed by atoms with van der Waals surface area (Å²) in [6.45, 7) is 1.59. The van der Waals surface area contributed by atoms with Crippen LogP contribution in [0.5, 0.6) is 5.75 Å². The maximum Gasteiger partial charge on any atom is 0.328 e. The molecule has 0 radical (unpaired) electrons. The maximum atomic E-state index is 14.0. The smallest absolute Gasteiger partial charge is 0.328 e. The number of amides is 1. The normalized spacial score (nSPS) is 17.8. The van der Waals surface area contributed by atoms with Crippen molar-refractivity contribution in [2.24, 2.45) is 0 Å². The fraction of sp³-hybridized carbons (Fsp3) is 0.323. The van der Waals surface area contributed by atoms with Gasteiger partial charge in [-0.25, -0.2) is 4.79 Å². The summed E-state index contributed by atoms with van der Waals surface area (Å²) in [7, 11) is 2.83. The first-order valence-electron chi connectivity index (χ1n) is 13.2. The summed E-state index contributed by atoms with van der Waals surface area (Å²) in [5.41, 5.74) is 2.40. The molecule has 1 N–H and O–H groups in total. The maximum absolute atomic E-state index is 14.0. The zero-order valence-electron chi connectivity index (χ0n) is 23.1. The minimum Gasteiger partial charge on any atom is -0.497 e. The van der Waals surface area contributed by atoms with Crippen molar-refractivity contribution in [2.75, 3.05) is 25.7 Å². The Hall–Kier alpha value is -3.89. The van der Waals surface area contributed by atoms with Crippen LogP contribution in [0, 0.1) is 0 Å². The quantitative estimate of drug-likeness (QED) is 0.333. The van der Waals surface area contributed by atoms with Crippen LogP contribution in [0.1, 0.15) is 30.5 Å². The van der Waals surface area contributed by atoms with E-state index < -0.39 is 42.1 Å². The van der Waals surface area contributed by atoms with Gasteiger partial charge in [0.1, 0.15) is 17.9 Å². The van der Waals surface area contributed by atoms with Crippen LogP contribution in [0.3, 0.4) is 0 Å². The van der Waals surface area contributed by atoms with Crippen LogP contribution in [-0.4, -0.2) is 66.9 Å². The van der Waals surface area contributed by atoms with Crippen LogP contribution in [0.25, 0.3) is 0 Å². The number of methoxy groups -OCH3 is 2. The molecule has 41 heavy (non-hydrogen) atoms. The Bertz CT molecular complexity index is 1330. The van der Waals surface area contributed by atoms with E-state index in [9.17, 15) is 19.5 Å². The van der Waals surface area contributed by atoms with Gasteiger partial charge in [-0.05, 0) is 47.5 Å². The number of esters is 2. The molecule has 3 aromatic carbocycles.